The molecule has 0 bridgehead atoms. The lowest BCUT2D eigenvalue weighted by Crippen LogP contribution is -2.24. The van der Waals surface area contributed by atoms with E-state index in [9.17, 15) is 13.2 Å². The van der Waals surface area contributed by atoms with Crippen molar-refractivity contribution in [3.8, 4) is 0 Å². The maximum Gasteiger partial charge on any atom is 0.261 e. The molecule has 0 aromatic carbocycles. The Morgan fingerprint density at radius 3 is 2.32 bits per heavy atom. The van der Waals surface area contributed by atoms with Crippen molar-refractivity contribution in [1.29, 1.82) is 0 Å². The van der Waals surface area contributed by atoms with E-state index in [4.69, 9.17) is 11.5 Å². The highest BCUT2D eigenvalue weighted by molar-refractivity contribution is 7.91. The second-order valence-electron chi connectivity index (χ2n) is 4.20. The fourth-order valence-corrected chi connectivity index (χ4v) is 4.49. The van der Waals surface area contributed by atoms with Gasteiger partial charge in [0.25, 0.3) is 5.91 Å². The van der Waals surface area contributed by atoms with Gasteiger partial charge in [0.2, 0.25) is 0 Å². The maximum absolute atomic E-state index is 11.9. The zero-order valence-corrected chi connectivity index (χ0v) is 12.9. The molecular formula is C11H19N3O3S2. The Morgan fingerprint density at radius 2 is 1.95 bits per heavy atom. The van der Waals surface area contributed by atoms with Crippen molar-refractivity contribution in [3.63, 3.8) is 0 Å². The van der Waals surface area contributed by atoms with Gasteiger partial charge in [-0.3, -0.25) is 4.79 Å². The Labute approximate surface area is 117 Å². The van der Waals surface area contributed by atoms with Crippen LogP contribution in [0, 0.1) is 0 Å². The lowest BCUT2D eigenvalue weighted by atomic mass is 10.3. The lowest BCUT2D eigenvalue weighted by Gasteiger charge is -2.21. The smallest absolute Gasteiger partial charge is 0.261 e. The fourth-order valence-electron chi connectivity index (χ4n) is 1.84. The third kappa shape index (κ3) is 3.19. The van der Waals surface area contributed by atoms with Gasteiger partial charge in [-0.2, -0.15) is 0 Å². The molecule has 1 rings (SSSR count). The first-order chi connectivity index (χ1) is 8.73. The van der Waals surface area contributed by atoms with E-state index in [-0.39, 0.29) is 15.5 Å². The topological polar surface area (TPSA) is 106 Å². The molecule has 0 saturated heterocycles. The van der Waals surface area contributed by atoms with Crippen LogP contribution in [-0.2, 0) is 9.84 Å². The van der Waals surface area contributed by atoms with E-state index in [1.54, 1.807) is 0 Å². The van der Waals surface area contributed by atoms with E-state index >= 15 is 0 Å². The van der Waals surface area contributed by atoms with Crippen molar-refractivity contribution in [2.75, 3.05) is 30.0 Å². The minimum Gasteiger partial charge on any atom is -0.396 e. The molecular weight excluding hydrogens is 286 g/mol. The van der Waals surface area contributed by atoms with Crippen LogP contribution in [0.15, 0.2) is 4.90 Å². The molecule has 0 aliphatic heterocycles. The lowest BCUT2D eigenvalue weighted by molar-refractivity contribution is 0.100. The molecule has 1 amide bonds. The van der Waals surface area contributed by atoms with E-state index in [0.29, 0.717) is 18.1 Å². The summed E-state index contributed by atoms with van der Waals surface area (Å²) in [5.41, 5.74) is 11.0. The number of nitrogens with two attached hydrogens (primary N) is 2. The average molecular weight is 305 g/mol. The summed E-state index contributed by atoms with van der Waals surface area (Å²) in [5.74, 6) is -0.703. The number of carbonyl (C=O) groups excluding carboxylic acids is 1. The highest BCUT2D eigenvalue weighted by atomic mass is 32.2. The van der Waals surface area contributed by atoms with Gasteiger partial charge in [0.05, 0.1) is 5.69 Å². The molecule has 0 radical (unpaired) electrons. The normalized spacial score (nSPS) is 11.5. The van der Waals surface area contributed by atoms with Crippen LogP contribution in [0.1, 0.15) is 29.9 Å². The molecule has 108 valence electrons. The molecule has 6 nitrogen and oxygen atoms in total. The Hall–Kier alpha value is -1.28. The largest absolute Gasteiger partial charge is 0.396 e. The molecule has 0 atom stereocenters. The van der Waals surface area contributed by atoms with Crippen LogP contribution in [0.2, 0.25) is 0 Å². The summed E-state index contributed by atoms with van der Waals surface area (Å²) in [6.45, 7) is 5.24. The van der Waals surface area contributed by atoms with E-state index in [2.05, 4.69) is 0 Å². The highest BCUT2D eigenvalue weighted by Gasteiger charge is 2.28. The van der Waals surface area contributed by atoms with Gasteiger partial charge in [0.1, 0.15) is 14.8 Å². The number of sulfone groups is 1. The standard InChI is InChI=1S/C11H19N3O3S2/c1-4-6-14(5-2)11-9(19(3,16)17)7(12)8(18-11)10(13)15/h4-6,12H2,1-3H3,(H2,13,15). The molecule has 1 aromatic rings. The van der Waals surface area contributed by atoms with Gasteiger partial charge in [0, 0.05) is 19.3 Å². The van der Waals surface area contributed by atoms with E-state index in [0.717, 1.165) is 24.0 Å². The predicted octanol–water partition coefficient (Wildman–Crippen LogP) is 1.07. The van der Waals surface area contributed by atoms with Gasteiger partial charge < -0.3 is 16.4 Å². The Morgan fingerprint density at radius 1 is 1.37 bits per heavy atom. The minimum absolute atomic E-state index is 0.0154. The van der Waals surface area contributed by atoms with E-state index < -0.39 is 15.7 Å². The van der Waals surface area contributed by atoms with Crippen molar-refractivity contribution in [2.24, 2.45) is 5.73 Å². The zero-order valence-electron chi connectivity index (χ0n) is 11.3. The molecule has 1 aromatic heterocycles. The summed E-state index contributed by atoms with van der Waals surface area (Å²) in [4.78, 5) is 13.3. The second-order valence-corrected chi connectivity index (χ2v) is 7.15. The molecule has 4 N–H and O–H groups in total. The number of primary amides is 1. The van der Waals surface area contributed by atoms with E-state index in [1.807, 2.05) is 18.7 Å². The number of anilines is 2. The first-order valence-corrected chi connectivity index (χ1v) is 8.61. The SMILES string of the molecule is CCCN(CC)c1sc(C(N)=O)c(N)c1S(C)(=O)=O. The van der Waals surface area contributed by atoms with Crippen molar-refractivity contribution in [1.82, 2.24) is 0 Å². The number of carbonyl (C=O) groups is 1. The molecule has 0 saturated carbocycles. The Kier molecular flexibility index (Phi) is 4.81. The first kappa shape index (κ1) is 15.8. The molecule has 0 aliphatic carbocycles. The summed E-state index contributed by atoms with van der Waals surface area (Å²) in [6.07, 6.45) is 1.94. The molecule has 8 heteroatoms. The van der Waals surface area contributed by atoms with Crippen LogP contribution in [0.4, 0.5) is 10.7 Å². The van der Waals surface area contributed by atoms with Crippen molar-refractivity contribution in [2.45, 2.75) is 25.2 Å². The molecule has 0 unspecified atom stereocenters. The van der Waals surface area contributed by atoms with Crippen molar-refractivity contribution < 1.29 is 13.2 Å². The first-order valence-electron chi connectivity index (χ1n) is 5.91. The minimum atomic E-state index is -3.51. The number of nitrogens with zero attached hydrogens (tertiary/aromatic N) is 1. The summed E-state index contributed by atoms with van der Waals surface area (Å²) in [6, 6.07) is 0. The van der Waals surface area contributed by atoms with Gasteiger partial charge >= 0.3 is 0 Å². The molecule has 0 fully saturated rings. The van der Waals surface area contributed by atoms with Crippen molar-refractivity contribution >= 4 is 37.8 Å². The van der Waals surface area contributed by atoms with Crippen LogP contribution in [0.3, 0.4) is 0 Å². The van der Waals surface area contributed by atoms with Gasteiger partial charge in [-0.1, -0.05) is 6.92 Å². The van der Waals surface area contributed by atoms with E-state index in [1.165, 1.54) is 0 Å². The Bertz CT molecular complexity index is 578. The quantitative estimate of drug-likeness (QED) is 0.817. The van der Waals surface area contributed by atoms with Crippen LogP contribution in [0.5, 0.6) is 0 Å². The van der Waals surface area contributed by atoms with Gasteiger partial charge in [0.15, 0.2) is 9.84 Å². The monoisotopic (exact) mass is 305 g/mol. The summed E-state index contributed by atoms with van der Waals surface area (Å²) >= 11 is 1.04. The molecule has 0 aliphatic rings. The number of hydrogen-bond acceptors (Lipinski definition) is 6. The fraction of sp³-hybridized carbons (Fsp3) is 0.545. The van der Waals surface area contributed by atoms with Crippen LogP contribution < -0.4 is 16.4 Å². The average Bonchev–Trinajstić information content (AvgIpc) is 2.63. The number of thiophene rings is 1. The summed E-state index contributed by atoms with van der Waals surface area (Å²) in [7, 11) is -3.51. The number of nitrogen functional groups attached to an aromatic ring is 1. The third-order valence-corrected chi connectivity index (χ3v) is 5.20. The molecule has 1 heterocycles. The molecule has 0 spiro atoms. The number of hydrogen-bond donors (Lipinski definition) is 2. The van der Waals surface area contributed by atoms with Gasteiger partial charge in [-0.05, 0) is 13.3 Å². The highest BCUT2D eigenvalue weighted by Crippen LogP contribution is 2.41. The van der Waals surface area contributed by atoms with Crippen LogP contribution in [0.25, 0.3) is 0 Å². The number of amides is 1. The predicted molar refractivity (Wildman–Crippen MR) is 78.5 cm³/mol. The van der Waals surface area contributed by atoms with Gasteiger partial charge in [-0.25, -0.2) is 8.42 Å². The zero-order chi connectivity index (χ0) is 14.8. The van der Waals surface area contributed by atoms with Crippen LogP contribution in [-0.4, -0.2) is 33.7 Å². The van der Waals surface area contributed by atoms with Crippen LogP contribution >= 0.6 is 11.3 Å². The Balaban J connectivity index is 3.54. The van der Waals surface area contributed by atoms with Crippen molar-refractivity contribution in [3.05, 3.63) is 4.88 Å². The van der Waals surface area contributed by atoms with Gasteiger partial charge in [-0.15, -0.1) is 11.3 Å². The second kappa shape index (κ2) is 5.79. The molecule has 19 heavy (non-hydrogen) atoms. The summed E-state index contributed by atoms with van der Waals surface area (Å²) < 4.78 is 23.8. The third-order valence-electron chi connectivity index (χ3n) is 2.64. The maximum atomic E-state index is 11.9. The number of rotatable bonds is 6. The summed E-state index contributed by atoms with van der Waals surface area (Å²) in [5, 5.41) is 0.498.